The minimum Gasteiger partial charge on any atom is -0.481 e. The van der Waals surface area contributed by atoms with Gasteiger partial charge in [-0.15, -0.1) is 0 Å². The minimum atomic E-state index is -0.598. The topological polar surface area (TPSA) is 49.3 Å². The van der Waals surface area contributed by atoms with Gasteiger partial charge in [0, 0.05) is 6.04 Å². The first kappa shape index (κ1) is 11.9. The molecule has 0 spiro atoms. The molecule has 2 aliphatic carbocycles. The maximum Gasteiger partial charge on any atom is 0.306 e. The second kappa shape index (κ2) is 5.17. The molecule has 0 heterocycles. The van der Waals surface area contributed by atoms with Gasteiger partial charge in [0.25, 0.3) is 0 Å². The summed E-state index contributed by atoms with van der Waals surface area (Å²) in [6.07, 6.45) is 6.58. The first-order chi connectivity index (χ1) is 7.65. The summed E-state index contributed by atoms with van der Waals surface area (Å²) in [5.41, 5.74) is 0. The third kappa shape index (κ3) is 2.97. The van der Waals surface area contributed by atoms with Crippen molar-refractivity contribution in [1.82, 2.24) is 5.32 Å². The molecule has 0 aromatic heterocycles. The van der Waals surface area contributed by atoms with Crippen LogP contribution in [0, 0.1) is 17.8 Å². The van der Waals surface area contributed by atoms with Crippen LogP contribution in [0.25, 0.3) is 0 Å². The molecule has 0 radical (unpaired) electrons. The standard InChI is InChI=1S/C13H23NO2/c1-9-6-12(7-9)14-8-10-2-4-11(5-3-10)13(15)16/h9-12,14H,2-8H2,1H3,(H,15,16). The van der Waals surface area contributed by atoms with Crippen LogP contribution in [0.1, 0.15) is 45.4 Å². The molecule has 92 valence electrons. The second-order valence-corrected chi connectivity index (χ2v) is 5.74. The molecule has 0 bridgehead atoms. The largest absolute Gasteiger partial charge is 0.481 e. The van der Waals surface area contributed by atoms with Gasteiger partial charge in [0.05, 0.1) is 5.92 Å². The van der Waals surface area contributed by atoms with E-state index in [1.54, 1.807) is 0 Å². The quantitative estimate of drug-likeness (QED) is 0.771. The van der Waals surface area contributed by atoms with E-state index in [9.17, 15) is 4.79 Å². The van der Waals surface area contributed by atoms with Gasteiger partial charge in [0.2, 0.25) is 0 Å². The average molecular weight is 225 g/mol. The van der Waals surface area contributed by atoms with Crippen molar-refractivity contribution >= 4 is 5.97 Å². The molecule has 2 rings (SSSR count). The number of hydrogen-bond acceptors (Lipinski definition) is 2. The van der Waals surface area contributed by atoms with E-state index in [-0.39, 0.29) is 5.92 Å². The zero-order chi connectivity index (χ0) is 11.5. The Hall–Kier alpha value is -0.570. The highest BCUT2D eigenvalue weighted by atomic mass is 16.4. The van der Waals surface area contributed by atoms with Crippen molar-refractivity contribution in [2.75, 3.05) is 6.54 Å². The number of carboxylic acid groups (broad SMARTS) is 1. The van der Waals surface area contributed by atoms with Gasteiger partial charge in [0.1, 0.15) is 0 Å². The highest BCUT2D eigenvalue weighted by molar-refractivity contribution is 5.69. The molecule has 3 nitrogen and oxygen atoms in total. The van der Waals surface area contributed by atoms with Crippen molar-refractivity contribution in [3.05, 3.63) is 0 Å². The third-order valence-corrected chi connectivity index (χ3v) is 4.26. The minimum absolute atomic E-state index is 0.0695. The van der Waals surface area contributed by atoms with Gasteiger partial charge in [-0.05, 0) is 56.9 Å². The first-order valence-electron chi connectivity index (χ1n) is 6.61. The molecule has 16 heavy (non-hydrogen) atoms. The van der Waals surface area contributed by atoms with Crippen molar-refractivity contribution in [3.8, 4) is 0 Å². The molecule has 0 aliphatic heterocycles. The van der Waals surface area contributed by atoms with Crippen LogP contribution in [0.2, 0.25) is 0 Å². The van der Waals surface area contributed by atoms with Crippen molar-refractivity contribution < 1.29 is 9.90 Å². The Labute approximate surface area is 97.6 Å². The van der Waals surface area contributed by atoms with Crippen molar-refractivity contribution in [1.29, 1.82) is 0 Å². The van der Waals surface area contributed by atoms with Gasteiger partial charge in [-0.1, -0.05) is 6.92 Å². The lowest BCUT2D eigenvalue weighted by molar-refractivity contribution is -0.143. The Balaban J connectivity index is 1.60. The van der Waals surface area contributed by atoms with E-state index in [1.165, 1.54) is 12.8 Å². The smallest absolute Gasteiger partial charge is 0.306 e. The van der Waals surface area contributed by atoms with Crippen LogP contribution in [-0.4, -0.2) is 23.7 Å². The van der Waals surface area contributed by atoms with Crippen LogP contribution in [0.3, 0.4) is 0 Å². The fourth-order valence-electron chi connectivity index (χ4n) is 3.02. The lowest BCUT2D eigenvalue weighted by Crippen LogP contribution is -2.42. The summed E-state index contributed by atoms with van der Waals surface area (Å²) in [6, 6.07) is 0.743. The number of carbonyl (C=O) groups is 1. The van der Waals surface area contributed by atoms with Crippen molar-refractivity contribution in [2.45, 2.75) is 51.5 Å². The maximum absolute atomic E-state index is 10.8. The summed E-state index contributed by atoms with van der Waals surface area (Å²) in [7, 11) is 0. The average Bonchev–Trinajstić information content (AvgIpc) is 2.23. The predicted molar refractivity (Wildman–Crippen MR) is 63.3 cm³/mol. The Morgan fingerprint density at radius 2 is 1.88 bits per heavy atom. The monoisotopic (exact) mass is 225 g/mol. The first-order valence-corrected chi connectivity index (χ1v) is 6.61. The van der Waals surface area contributed by atoms with Gasteiger partial charge >= 0.3 is 5.97 Å². The SMILES string of the molecule is CC1CC(NCC2CCC(C(=O)O)CC2)C1. The van der Waals surface area contributed by atoms with Gasteiger partial charge in [-0.25, -0.2) is 0 Å². The number of aliphatic carboxylic acids is 1. The van der Waals surface area contributed by atoms with Crippen molar-refractivity contribution in [2.24, 2.45) is 17.8 Å². The summed E-state index contributed by atoms with van der Waals surface area (Å²) in [4.78, 5) is 10.8. The molecule has 2 fully saturated rings. The molecule has 0 amide bonds. The summed E-state index contributed by atoms with van der Waals surface area (Å²) >= 11 is 0. The number of hydrogen-bond donors (Lipinski definition) is 2. The summed E-state index contributed by atoms with van der Waals surface area (Å²) in [6.45, 7) is 3.40. The van der Waals surface area contributed by atoms with E-state index < -0.39 is 5.97 Å². The molecule has 2 N–H and O–H groups in total. The Bertz CT molecular complexity index is 240. The maximum atomic E-state index is 10.8. The van der Waals surface area contributed by atoms with E-state index in [0.29, 0.717) is 5.92 Å². The predicted octanol–water partition coefficient (Wildman–Crippen LogP) is 2.27. The lowest BCUT2D eigenvalue weighted by Gasteiger charge is -2.35. The highest BCUT2D eigenvalue weighted by Crippen LogP contribution is 2.30. The van der Waals surface area contributed by atoms with Gasteiger partial charge in [-0.3, -0.25) is 4.79 Å². The van der Waals surface area contributed by atoms with E-state index in [2.05, 4.69) is 12.2 Å². The van der Waals surface area contributed by atoms with Gasteiger partial charge < -0.3 is 10.4 Å². The summed E-state index contributed by atoms with van der Waals surface area (Å²) in [5, 5.41) is 12.5. The van der Waals surface area contributed by atoms with Gasteiger partial charge in [-0.2, -0.15) is 0 Å². The third-order valence-electron chi connectivity index (χ3n) is 4.26. The van der Waals surface area contributed by atoms with Crippen molar-refractivity contribution in [3.63, 3.8) is 0 Å². The Kier molecular flexibility index (Phi) is 3.85. The lowest BCUT2D eigenvalue weighted by atomic mass is 9.79. The van der Waals surface area contributed by atoms with E-state index in [4.69, 9.17) is 5.11 Å². The molecular weight excluding hydrogens is 202 g/mol. The molecule has 0 saturated heterocycles. The molecule has 0 aromatic rings. The van der Waals surface area contributed by atoms with Crippen LogP contribution in [0.5, 0.6) is 0 Å². The van der Waals surface area contributed by atoms with E-state index in [1.807, 2.05) is 0 Å². The van der Waals surface area contributed by atoms with Crippen LogP contribution >= 0.6 is 0 Å². The van der Waals surface area contributed by atoms with Crippen LogP contribution in [0.4, 0.5) is 0 Å². The molecule has 3 heteroatoms. The fraction of sp³-hybridized carbons (Fsp3) is 0.923. The number of nitrogens with one attached hydrogen (secondary N) is 1. The van der Waals surface area contributed by atoms with Gasteiger partial charge in [0.15, 0.2) is 0 Å². The fourth-order valence-corrected chi connectivity index (χ4v) is 3.02. The zero-order valence-electron chi connectivity index (χ0n) is 10.1. The van der Waals surface area contributed by atoms with Crippen LogP contribution < -0.4 is 5.32 Å². The highest BCUT2D eigenvalue weighted by Gasteiger charge is 2.28. The normalized spacial score (nSPS) is 39.1. The van der Waals surface area contributed by atoms with E-state index >= 15 is 0 Å². The van der Waals surface area contributed by atoms with E-state index in [0.717, 1.165) is 44.2 Å². The molecule has 0 atom stereocenters. The molecule has 0 aromatic carbocycles. The zero-order valence-corrected chi connectivity index (χ0v) is 10.1. The van der Waals surface area contributed by atoms with Crippen LogP contribution in [-0.2, 0) is 4.79 Å². The number of rotatable bonds is 4. The summed E-state index contributed by atoms with van der Waals surface area (Å²) in [5.74, 6) is 0.950. The molecule has 0 unspecified atom stereocenters. The summed E-state index contributed by atoms with van der Waals surface area (Å²) < 4.78 is 0. The van der Waals surface area contributed by atoms with Crippen LogP contribution in [0.15, 0.2) is 0 Å². The molecule has 2 aliphatic rings. The molecule has 2 saturated carbocycles. The Morgan fingerprint density at radius 3 is 2.38 bits per heavy atom. The molecular formula is C13H23NO2. The Morgan fingerprint density at radius 1 is 1.25 bits per heavy atom. The number of carboxylic acids is 1. The second-order valence-electron chi connectivity index (χ2n) is 5.74.